The van der Waals surface area contributed by atoms with Crippen LogP contribution >= 0.6 is 0 Å². The Morgan fingerprint density at radius 1 is 1.19 bits per heavy atom. The first-order valence-corrected chi connectivity index (χ1v) is 6.42. The Morgan fingerprint density at radius 2 is 1.88 bits per heavy atom. The van der Waals surface area contributed by atoms with Crippen LogP contribution in [0.1, 0.15) is 30.0 Å². The normalized spacial score (nSPS) is 25.7. The minimum absolute atomic E-state index is 0.823. The quantitative estimate of drug-likeness (QED) is 0.802. The maximum absolute atomic E-state index is 3.54. The first-order chi connectivity index (χ1) is 7.66. The van der Waals surface area contributed by atoms with Crippen LogP contribution in [0.15, 0.2) is 18.2 Å². The van der Waals surface area contributed by atoms with E-state index in [4.69, 9.17) is 0 Å². The highest BCUT2D eigenvalue weighted by atomic mass is 14.9. The molecule has 2 atom stereocenters. The molecule has 16 heavy (non-hydrogen) atoms. The summed E-state index contributed by atoms with van der Waals surface area (Å²) >= 11 is 0. The second-order valence-corrected chi connectivity index (χ2v) is 5.44. The molecule has 1 aliphatic rings. The van der Waals surface area contributed by atoms with Crippen LogP contribution in [-0.4, -0.2) is 13.1 Å². The van der Waals surface area contributed by atoms with Gasteiger partial charge in [-0.05, 0) is 68.3 Å². The Balaban J connectivity index is 2.08. The minimum atomic E-state index is 0.823. The van der Waals surface area contributed by atoms with E-state index < -0.39 is 0 Å². The van der Waals surface area contributed by atoms with Gasteiger partial charge in [0.1, 0.15) is 0 Å². The molecule has 1 nitrogen and oxygen atoms in total. The lowest BCUT2D eigenvalue weighted by Gasteiger charge is -2.28. The topological polar surface area (TPSA) is 12.0 Å². The van der Waals surface area contributed by atoms with E-state index in [-0.39, 0.29) is 0 Å². The number of benzene rings is 1. The Morgan fingerprint density at radius 3 is 2.50 bits per heavy atom. The van der Waals surface area contributed by atoms with Gasteiger partial charge in [0.15, 0.2) is 0 Å². The lowest BCUT2D eigenvalue weighted by atomic mass is 9.85. The monoisotopic (exact) mass is 217 g/mol. The zero-order valence-corrected chi connectivity index (χ0v) is 10.7. The summed E-state index contributed by atoms with van der Waals surface area (Å²) in [7, 11) is 0. The molecule has 0 saturated carbocycles. The van der Waals surface area contributed by atoms with Gasteiger partial charge in [0.25, 0.3) is 0 Å². The number of hydrogen-bond acceptors (Lipinski definition) is 1. The second kappa shape index (κ2) is 5.01. The summed E-state index contributed by atoms with van der Waals surface area (Å²) in [6.45, 7) is 9.22. The molecule has 1 aromatic rings. The molecule has 0 radical (unpaired) electrons. The summed E-state index contributed by atoms with van der Waals surface area (Å²) < 4.78 is 0. The molecule has 0 amide bonds. The van der Waals surface area contributed by atoms with E-state index in [0.717, 1.165) is 11.8 Å². The van der Waals surface area contributed by atoms with Crippen molar-refractivity contribution in [3.05, 3.63) is 34.9 Å². The third-order valence-corrected chi connectivity index (χ3v) is 3.80. The lowest BCUT2D eigenvalue weighted by molar-refractivity contribution is 0.301. The van der Waals surface area contributed by atoms with Gasteiger partial charge in [0, 0.05) is 0 Å². The van der Waals surface area contributed by atoms with Crippen molar-refractivity contribution >= 4 is 0 Å². The van der Waals surface area contributed by atoms with Crippen LogP contribution < -0.4 is 5.32 Å². The van der Waals surface area contributed by atoms with E-state index in [1.54, 1.807) is 5.56 Å². The average molecular weight is 217 g/mol. The first-order valence-electron chi connectivity index (χ1n) is 6.42. The molecule has 1 fully saturated rings. The highest BCUT2D eigenvalue weighted by molar-refractivity contribution is 5.33. The SMILES string of the molecule is Cc1cccc(C)c1CC1CNCC(C)C1. The first kappa shape index (κ1) is 11.7. The van der Waals surface area contributed by atoms with Crippen LogP contribution in [-0.2, 0) is 6.42 Å². The van der Waals surface area contributed by atoms with Gasteiger partial charge in [-0.15, -0.1) is 0 Å². The van der Waals surface area contributed by atoms with Gasteiger partial charge in [-0.25, -0.2) is 0 Å². The van der Waals surface area contributed by atoms with Gasteiger partial charge in [0.05, 0.1) is 0 Å². The molecule has 1 heteroatoms. The van der Waals surface area contributed by atoms with E-state index in [0.29, 0.717) is 0 Å². The Hall–Kier alpha value is -0.820. The molecule has 1 aliphatic heterocycles. The number of aryl methyl sites for hydroxylation is 2. The van der Waals surface area contributed by atoms with Gasteiger partial charge in [0.2, 0.25) is 0 Å². The van der Waals surface area contributed by atoms with E-state index in [1.807, 2.05) is 0 Å². The zero-order chi connectivity index (χ0) is 11.5. The van der Waals surface area contributed by atoms with Crippen LogP contribution in [0.2, 0.25) is 0 Å². The van der Waals surface area contributed by atoms with Crippen molar-refractivity contribution in [2.75, 3.05) is 13.1 Å². The third kappa shape index (κ3) is 2.65. The van der Waals surface area contributed by atoms with E-state index >= 15 is 0 Å². The smallest absolute Gasteiger partial charge is 0.00171 e. The Bertz CT molecular complexity index is 336. The largest absolute Gasteiger partial charge is 0.316 e. The van der Waals surface area contributed by atoms with Crippen LogP contribution in [0, 0.1) is 25.7 Å². The summed E-state index contributed by atoms with van der Waals surface area (Å²) in [6, 6.07) is 6.64. The van der Waals surface area contributed by atoms with Gasteiger partial charge in [-0.3, -0.25) is 0 Å². The Kier molecular flexibility index (Phi) is 3.65. The maximum atomic E-state index is 3.54. The van der Waals surface area contributed by atoms with E-state index in [2.05, 4.69) is 44.3 Å². The van der Waals surface area contributed by atoms with Crippen LogP contribution in [0.5, 0.6) is 0 Å². The molecule has 1 heterocycles. The highest BCUT2D eigenvalue weighted by Gasteiger charge is 2.19. The minimum Gasteiger partial charge on any atom is -0.316 e. The fourth-order valence-electron chi connectivity index (χ4n) is 2.88. The standard InChI is InChI=1S/C15H23N/c1-11-7-14(10-16-9-11)8-15-12(2)5-4-6-13(15)3/h4-6,11,14,16H,7-10H2,1-3H3. The van der Waals surface area contributed by atoms with Gasteiger partial charge >= 0.3 is 0 Å². The van der Waals surface area contributed by atoms with Crippen molar-refractivity contribution in [2.24, 2.45) is 11.8 Å². The highest BCUT2D eigenvalue weighted by Crippen LogP contribution is 2.23. The van der Waals surface area contributed by atoms with E-state index in [1.165, 1.54) is 37.1 Å². The molecule has 2 unspecified atom stereocenters. The van der Waals surface area contributed by atoms with Crippen LogP contribution in [0.4, 0.5) is 0 Å². The average Bonchev–Trinajstić information content (AvgIpc) is 2.24. The van der Waals surface area contributed by atoms with Gasteiger partial charge in [-0.2, -0.15) is 0 Å². The molecule has 0 aromatic heterocycles. The predicted molar refractivity (Wildman–Crippen MR) is 69.8 cm³/mol. The molecule has 1 aromatic carbocycles. The van der Waals surface area contributed by atoms with Gasteiger partial charge in [-0.1, -0.05) is 25.1 Å². The molecule has 0 spiro atoms. The molecule has 1 N–H and O–H groups in total. The lowest BCUT2D eigenvalue weighted by Crippen LogP contribution is -2.36. The summed E-state index contributed by atoms with van der Waals surface area (Å²) in [4.78, 5) is 0. The number of hydrogen-bond donors (Lipinski definition) is 1. The van der Waals surface area contributed by atoms with Crippen molar-refractivity contribution in [1.82, 2.24) is 5.32 Å². The van der Waals surface area contributed by atoms with Gasteiger partial charge < -0.3 is 5.32 Å². The molecule has 88 valence electrons. The predicted octanol–water partition coefficient (Wildman–Crippen LogP) is 3.09. The van der Waals surface area contributed by atoms with Crippen molar-refractivity contribution in [1.29, 1.82) is 0 Å². The molecule has 1 saturated heterocycles. The Labute approximate surface area is 99.3 Å². The maximum Gasteiger partial charge on any atom is -0.00171 e. The summed E-state index contributed by atoms with van der Waals surface area (Å²) in [5.74, 6) is 1.66. The van der Waals surface area contributed by atoms with Crippen molar-refractivity contribution in [3.63, 3.8) is 0 Å². The number of rotatable bonds is 2. The van der Waals surface area contributed by atoms with Crippen molar-refractivity contribution in [3.8, 4) is 0 Å². The number of nitrogens with one attached hydrogen (secondary N) is 1. The van der Waals surface area contributed by atoms with Crippen LogP contribution in [0.25, 0.3) is 0 Å². The van der Waals surface area contributed by atoms with Crippen LogP contribution in [0.3, 0.4) is 0 Å². The van der Waals surface area contributed by atoms with Crippen molar-refractivity contribution < 1.29 is 0 Å². The van der Waals surface area contributed by atoms with Crippen molar-refractivity contribution in [2.45, 2.75) is 33.6 Å². The zero-order valence-electron chi connectivity index (χ0n) is 10.7. The molecule has 0 bridgehead atoms. The molecular formula is C15H23N. The molecule has 0 aliphatic carbocycles. The number of piperidine rings is 1. The van der Waals surface area contributed by atoms with E-state index in [9.17, 15) is 0 Å². The fourth-order valence-corrected chi connectivity index (χ4v) is 2.88. The molecule has 2 rings (SSSR count). The summed E-state index contributed by atoms with van der Waals surface area (Å²) in [6.07, 6.45) is 2.62. The summed E-state index contributed by atoms with van der Waals surface area (Å²) in [5, 5.41) is 3.54. The third-order valence-electron chi connectivity index (χ3n) is 3.80. The molecular weight excluding hydrogens is 194 g/mol. The summed E-state index contributed by atoms with van der Waals surface area (Å²) in [5.41, 5.74) is 4.49. The fraction of sp³-hybridized carbons (Fsp3) is 0.600. The second-order valence-electron chi connectivity index (χ2n) is 5.44.